The zero-order chi connectivity index (χ0) is 17.1. The molecule has 124 valence electrons. The number of aryl methyl sites for hydroxylation is 1. The van der Waals surface area contributed by atoms with Crippen molar-refractivity contribution in [2.24, 2.45) is 0 Å². The molecule has 1 aliphatic rings. The summed E-state index contributed by atoms with van der Waals surface area (Å²) in [6.07, 6.45) is 0. The van der Waals surface area contributed by atoms with Crippen LogP contribution >= 0.6 is 0 Å². The van der Waals surface area contributed by atoms with E-state index in [9.17, 15) is 9.59 Å². The van der Waals surface area contributed by atoms with Crippen molar-refractivity contribution in [3.8, 4) is 5.75 Å². The summed E-state index contributed by atoms with van der Waals surface area (Å²) in [7, 11) is 1.58. The van der Waals surface area contributed by atoms with Gasteiger partial charge in [0.05, 0.1) is 7.11 Å². The Bertz CT molecular complexity index is 773. The first kappa shape index (κ1) is 16.1. The maximum absolute atomic E-state index is 12.5. The molecule has 2 aromatic rings. The number of carbonyl (C=O) groups excluding carboxylic acids is 2. The number of nitrogens with zero attached hydrogens (tertiary/aromatic N) is 2. The lowest BCUT2D eigenvalue weighted by Gasteiger charge is -2.34. The fourth-order valence-electron chi connectivity index (χ4n) is 2.84. The average Bonchev–Trinajstić information content (AvgIpc) is 2.61. The van der Waals surface area contributed by atoms with Crippen LogP contribution in [0.4, 0.5) is 5.69 Å². The Morgan fingerprint density at radius 3 is 2.54 bits per heavy atom. The molecule has 0 spiro atoms. The topological polar surface area (TPSA) is 49.9 Å². The van der Waals surface area contributed by atoms with Crippen molar-refractivity contribution in [3.05, 3.63) is 59.7 Å². The molecular formula is C19H20N2O3. The molecule has 0 aliphatic carbocycles. The Hall–Kier alpha value is -2.82. The number of rotatable bonds is 4. The Balaban J connectivity index is 1.76. The van der Waals surface area contributed by atoms with Gasteiger partial charge in [-0.3, -0.25) is 9.59 Å². The van der Waals surface area contributed by atoms with Crippen LogP contribution in [0.5, 0.6) is 5.75 Å². The summed E-state index contributed by atoms with van der Waals surface area (Å²) >= 11 is 0. The number of ether oxygens (including phenoxy) is 1. The van der Waals surface area contributed by atoms with Crippen molar-refractivity contribution >= 4 is 17.5 Å². The van der Waals surface area contributed by atoms with Crippen LogP contribution in [0.3, 0.4) is 0 Å². The molecule has 1 aliphatic heterocycles. The van der Waals surface area contributed by atoms with Crippen molar-refractivity contribution < 1.29 is 14.3 Å². The van der Waals surface area contributed by atoms with Gasteiger partial charge in [0.1, 0.15) is 5.75 Å². The summed E-state index contributed by atoms with van der Waals surface area (Å²) in [5, 5.41) is 0. The summed E-state index contributed by atoms with van der Waals surface area (Å²) in [6.45, 7) is 3.46. The van der Waals surface area contributed by atoms with E-state index in [1.165, 1.54) is 4.90 Å². The van der Waals surface area contributed by atoms with Gasteiger partial charge in [-0.1, -0.05) is 30.3 Å². The van der Waals surface area contributed by atoms with Crippen LogP contribution in [0, 0.1) is 6.92 Å². The molecule has 0 N–H and O–H groups in total. The van der Waals surface area contributed by atoms with E-state index in [2.05, 4.69) is 0 Å². The lowest BCUT2D eigenvalue weighted by atomic mass is 10.1. The van der Waals surface area contributed by atoms with Crippen LogP contribution in [-0.2, 0) is 16.1 Å². The summed E-state index contributed by atoms with van der Waals surface area (Å²) in [5.74, 6) is -0.300. The highest BCUT2D eigenvalue weighted by Gasteiger charge is 2.33. The van der Waals surface area contributed by atoms with E-state index in [1.54, 1.807) is 18.1 Å². The van der Waals surface area contributed by atoms with E-state index in [1.807, 2.05) is 49.4 Å². The monoisotopic (exact) mass is 324 g/mol. The molecule has 24 heavy (non-hydrogen) atoms. The maximum atomic E-state index is 12.5. The van der Waals surface area contributed by atoms with Gasteiger partial charge in [-0.2, -0.15) is 0 Å². The van der Waals surface area contributed by atoms with Gasteiger partial charge in [0.2, 0.25) is 0 Å². The number of carbonyl (C=O) groups is 2. The number of anilines is 1. The molecule has 1 fully saturated rings. The second-order valence-corrected chi connectivity index (χ2v) is 5.81. The molecule has 0 bridgehead atoms. The first-order valence-electron chi connectivity index (χ1n) is 7.89. The Kier molecular flexibility index (Phi) is 4.51. The molecule has 0 aromatic heterocycles. The van der Waals surface area contributed by atoms with Gasteiger partial charge in [-0.15, -0.1) is 0 Å². The van der Waals surface area contributed by atoms with Crippen molar-refractivity contribution in [2.75, 3.05) is 25.1 Å². The molecule has 0 atom stereocenters. The number of benzene rings is 2. The maximum Gasteiger partial charge on any atom is 0.316 e. The number of amides is 2. The van der Waals surface area contributed by atoms with Gasteiger partial charge in [-0.05, 0) is 30.2 Å². The second kappa shape index (κ2) is 6.74. The molecule has 0 radical (unpaired) electrons. The van der Waals surface area contributed by atoms with Crippen LogP contribution in [-0.4, -0.2) is 36.9 Å². The van der Waals surface area contributed by atoms with Gasteiger partial charge in [0.25, 0.3) is 0 Å². The summed E-state index contributed by atoms with van der Waals surface area (Å²) in [5.41, 5.74) is 2.87. The molecule has 3 rings (SSSR count). The quantitative estimate of drug-likeness (QED) is 0.811. The van der Waals surface area contributed by atoms with Crippen molar-refractivity contribution in [2.45, 2.75) is 13.5 Å². The van der Waals surface area contributed by atoms with E-state index >= 15 is 0 Å². The molecule has 5 nitrogen and oxygen atoms in total. The summed E-state index contributed by atoms with van der Waals surface area (Å²) in [4.78, 5) is 28.1. The first-order valence-corrected chi connectivity index (χ1v) is 7.89. The number of methoxy groups -OCH3 is 1. The third-order valence-corrected chi connectivity index (χ3v) is 4.30. The van der Waals surface area contributed by atoms with E-state index in [0.29, 0.717) is 31.1 Å². The van der Waals surface area contributed by atoms with Gasteiger partial charge in [0.15, 0.2) is 0 Å². The second-order valence-electron chi connectivity index (χ2n) is 5.81. The molecular weight excluding hydrogens is 304 g/mol. The summed E-state index contributed by atoms with van der Waals surface area (Å²) < 4.78 is 5.19. The smallest absolute Gasteiger partial charge is 0.316 e. The average molecular weight is 324 g/mol. The predicted molar refractivity (Wildman–Crippen MR) is 91.9 cm³/mol. The van der Waals surface area contributed by atoms with Crippen molar-refractivity contribution in [3.63, 3.8) is 0 Å². The molecule has 5 heteroatoms. The molecule has 1 saturated heterocycles. The lowest BCUT2D eigenvalue weighted by molar-refractivity contribution is -0.146. The largest absolute Gasteiger partial charge is 0.497 e. The minimum absolute atomic E-state index is 0.462. The molecule has 2 aromatic carbocycles. The SMILES string of the molecule is COc1cccc(N2CCN(Cc3ccccc3C)C(=O)C2=O)c1. The van der Waals surface area contributed by atoms with E-state index in [0.717, 1.165) is 11.1 Å². The third-order valence-electron chi connectivity index (χ3n) is 4.30. The van der Waals surface area contributed by atoms with E-state index in [-0.39, 0.29) is 0 Å². The van der Waals surface area contributed by atoms with Crippen molar-refractivity contribution in [1.29, 1.82) is 0 Å². The fourth-order valence-corrected chi connectivity index (χ4v) is 2.84. The van der Waals surface area contributed by atoms with Gasteiger partial charge in [0, 0.05) is 31.4 Å². The fraction of sp³-hybridized carbons (Fsp3) is 0.263. The van der Waals surface area contributed by atoms with E-state index in [4.69, 9.17) is 4.74 Å². The number of hydrogen-bond acceptors (Lipinski definition) is 3. The predicted octanol–water partition coefficient (Wildman–Crippen LogP) is 2.38. The number of hydrogen-bond donors (Lipinski definition) is 0. The summed E-state index contributed by atoms with van der Waals surface area (Å²) in [6, 6.07) is 15.1. The van der Waals surface area contributed by atoms with Crippen LogP contribution in [0.2, 0.25) is 0 Å². The molecule has 2 amide bonds. The zero-order valence-corrected chi connectivity index (χ0v) is 13.9. The van der Waals surface area contributed by atoms with Crippen LogP contribution < -0.4 is 9.64 Å². The highest BCUT2D eigenvalue weighted by molar-refractivity contribution is 6.40. The van der Waals surface area contributed by atoms with E-state index < -0.39 is 11.8 Å². The lowest BCUT2D eigenvalue weighted by Crippen LogP contribution is -2.54. The Morgan fingerprint density at radius 1 is 1.00 bits per heavy atom. The minimum atomic E-state index is -0.497. The normalized spacial score (nSPS) is 14.9. The number of piperazine rings is 1. The highest BCUT2D eigenvalue weighted by Crippen LogP contribution is 2.23. The van der Waals surface area contributed by atoms with Crippen LogP contribution in [0.25, 0.3) is 0 Å². The molecule has 0 saturated carbocycles. The third kappa shape index (κ3) is 3.11. The highest BCUT2D eigenvalue weighted by atomic mass is 16.5. The van der Waals surface area contributed by atoms with Crippen LogP contribution in [0.15, 0.2) is 48.5 Å². The Labute approximate surface area is 141 Å². The van der Waals surface area contributed by atoms with Crippen LogP contribution in [0.1, 0.15) is 11.1 Å². The van der Waals surface area contributed by atoms with Gasteiger partial charge < -0.3 is 14.5 Å². The van der Waals surface area contributed by atoms with Crippen molar-refractivity contribution in [1.82, 2.24) is 4.90 Å². The molecule has 1 heterocycles. The first-order chi connectivity index (χ1) is 11.6. The Morgan fingerprint density at radius 2 is 1.79 bits per heavy atom. The minimum Gasteiger partial charge on any atom is -0.497 e. The van der Waals surface area contributed by atoms with Gasteiger partial charge in [-0.25, -0.2) is 0 Å². The standard InChI is InChI=1S/C19H20N2O3/c1-14-6-3-4-7-15(14)13-20-10-11-21(19(23)18(20)22)16-8-5-9-17(12-16)24-2/h3-9,12H,10-11,13H2,1-2H3. The molecule has 0 unspecified atom stereocenters. The zero-order valence-electron chi connectivity index (χ0n) is 13.9. The van der Waals surface area contributed by atoms with Gasteiger partial charge >= 0.3 is 11.8 Å².